The summed E-state index contributed by atoms with van der Waals surface area (Å²) >= 11 is 0. The van der Waals surface area contributed by atoms with Gasteiger partial charge in [0, 0.05) is 6.04 Å². The molecule has 0 aromatic carbocycles. The van der Waals surface area contributed by atoms with E-state index in [-0.39, 0.29) is 12.5 Å². The third-order valence-electron chi connectivity index (χ3n) is 4.52. The Bertz CT molecular complexity index is 276. The number of piperidine rings is 1. The minimum absolute atomic E-state index is 0.123. The minimum atomic E-state index is 0.123. The lowest BCUT2D eigenvalue weighted by Crippen LogP contribution is -2.57. The van der Waals surface area contributed by atoms with Gasteiger partial charge in [0.05, 0.1) is 6.17 Å². The summed E-state index contributed by atoms with van der Waals surface area (Å²) < 4.78 is 6.08. The van der Waals surface area contributed by atoms with Gasteiger partial charge in [0.2, 0.25) is 0 Å². The first kappa shape index (κ1) is 13.8. The molecule has 0 aliphatic carbocycles. The van der Waals surface area contributed by atoms with Gasteiger partial charge in [0.15, 0.2) is 0 Å². The van der Waals surface area contributed by atoms with E-state index in [9.17, 15) is 0 Å². The molecule has 0 spiro atoms. The van der Waals surface area contributed by atoms with E-state index >= 15 is 0 Å². The molecule has 5 heteroatoms. The summed E-state index contributed by atoms with van der Waals surface area (Å²) in [6.07, 6.45) is 12.2. The van der Waals surface area contributed by atoms with Crippen LogP contribution >= 0.6 is 0 Å². The maximum absolute atomic E-state index is 6.08. The zero-order chi connectivity index (χ0) is 12.9. The van der Waals surface area contributed by atoms with Crippen LogP contribution in [-0.4, -0.2) is 31.2 Å². The maximum Gasteiger partial charge on any atom is 0.138 e. The Balaban J connectivity index is 1.57. The molecule has 4 bridgehead atoms. The molecule has 110 valence electrons. The Labute approximate surface area is 116 Å². The SMILES string of the molecule is C1CCCNC2CCCC(N2)C2NNC(CCC1)O2. The lowest BCUT2D eigenvalue weighted by molar-refractivity contribution is -0.00223. The molecule has 0 aromatic heterocycles. The number of ether oxygens (including phenoxy) is 1. The number of fused-ring (bicyclic) bond motifs is 5. The average molecular weight is 268 g/mol. The summed E-state index contributed by atoms with van der Waals surface area (Å²) in [5.74, 6) is 0. The topological polar surface area (TPSA) is 57.3 Å². The zero-order valence-corrected chi connectivity index (χ0v) is 11.8. The fourth-order valence-electron chi connectivity index (χ4n) is 3.38. The summed E-state index contributed by atoms with van der Waals surface area (Å²) in [6, 6.07) is 0.423. The maximum atomic E-state index is 6.08. The molecule has 0 radical (unpaired) electrons. The molecule has 19 heavy (non-hydrogen) atoms. The van der Waals surface area contributed by atoms with E-state index in [2.05, 4.69) is 21.5 Å². The molecular formula is C14H28N4O. The Morgan fingerprint density at radius 3 is 2.68 bits per heavy atom. The number of hydrazine groups is 1. The van der Waals surface area contributed by atoms with Crippen LogP contribution in [0.15, 0.2) is 0 Å². The van der Waals surface area contributed by atoms with Gasteiger partial charge in [-0.25, -0.2) is 10.9 Å². The van der Waals surface area contributed by atoms with Gasteiger partial charge in [-0.2, -0.15) is 0 Å². The van der Waals surface area contributed by atoms with E-state index in [0.29, 0.717) is 12.2 Å². The fourth-order valence-corrected chi connectivity index (χ4v) is 3.38. The molecule has 0 saturated carbocycles. The quantitative estimate of drug-likeness (QED) is 0.531. The highest BCUT2D eigenvalue weighted by Gasteiger charge is 2.33. The summed E-state index contributed by atoms with van der Waals surface area (Å²) in [7, 11) is 0. The van der Waals surface area contributed by atoms with Crippen LogP contribution in [0.5, 0.6) is 0 Å². The second-order valence-electron chi connectivity index (χ2n) is 6.10. The Morgan fingerprint density at radius 1 is 0.789 bits per heavy atom. The van der Waals surface area contributed by atoms with Crippen molar-refractivity contribution >= 4 is 0 Å². The fraction of sp³-hybridized carbons (Fsp3) is 1.00. The van der Waals surface area contributed by atoms with Crippen molar-refractivity contribution in [3.05, 3.63) is 0 Å². The third-order valence-corrected chi connectivity index (χ3v) is 4.52. The van der Waals surface area contributed by atoms with Crippen molar-refractivity contribution in [3.63, 3.8) is 0 Å². The highest BCUT2D eigenvalue weighted by atomic mass is 16.5. The molecule has 3 aliphatic heterocycles. The summed E-state index contributed by atoms with van der Waals surface area (Å²) in [5.41, 5.74) is 6.62. The Morgan fingerprint density at radius 2 is 1.68 bits per heavy atom. The molecule has 0 aromatic rings. The third kappa shape index (κ3) is 3.89. The standard InChI is InChI=1S/C14H28N4O/c1-2-4-9-13-17-18-14(19-13)11-7-6-8-12(16-11)15-10-5-3-1/h11-18H,1-10H2. The van der Waals surface area contributed by atoms with Gasteiger partial charge in [0.1, 0.15) is 12.5 Å². The van der Waals surface area contributed by atoms with Gasteiger partial charge < -0.3 is 10.1 Å². The van der Waals surface area contributed by atoms with Crippen molar-refractivity contribution in [2.75, 3.05) is 6.54 Å². The minimum Gasteiger partial charge on any atom is -0.341 e. The van der Waals surface area contributed by atoms with Gasteiger partial charge in [-0.1, -0.05) is 19.3 Å². The van der Waals surface area contributed by atoms with Crippen molar-refractivity contribution in [2.45, 2.75) is 82.5 Å². The van der Waals surface area contributed by atoms with Crippen molar-refractivity contribution in [2.24, 2.45) is 0 Å². The summed E-state index contributed by atoms with van der Waals surface area (Å²) in [6.45, 7) is 1.14. The van der Waals surface area contributed by atoms with Gasteiger partial charge in [-0.15, -0.1) is 0 Å². The molecule has 3 rings (SSSR count). The van der Waals surface area contributed by atoms with E-state index in [0.717, 1.165) is 13.0 Å². The number of rotatable bonds is 0. The summed E-state index contributed by atoms with van der Waals surface area (Å²) in [4.78, 5) is 0. The molecule has 3 fully saturated rings. The Hall–Kier alpha value is -0.200. The first-order chi connectivity index (χ1) is 9.42. The van der Waals surface area contributed by atoms with Gasteiger partial charge >= 0.3 is 0 Å². The monoisotopic (exact) mass is 268 g/mol. The lowest BCUT2D eigenvalue weighted by Gasteiger charge is -2.34. The van der Waals surface area contributed by atoms with Crippen molar-refractivity contribution < 1.29 is 4.74 Å². The van der Waals surface area contributed by atoms with E-state index in [1.165, 1.54) is 51.4 Å². The molecule has 4 atom stereocenters. The zero-order valence-electron chi connectivity index (χ0n) is 11.8. The number of hydrogen-bond donors (Lipinski definition) is 4. The van der Waals surface area contributed by atoms with Crippen LogP contribution in [0.25, 0.3) is 0 Å². The molecule has 5 nitrogen and oxygen atoms in total. The van der Waals surface area contributed by atoms with Gasteiger partial charge in [-0.05, 0) is 45.1 Å². The predicted octanol–water partition coefficient (Wildman–Crippen LogP) is 1.18. The van der Waals surface area contributed by atoms with Gasteiger partial charge in [0.25, 0.3) is 0 Å². The average Bonchev–Trinajstić information content (AvgIpc) is 2.90. The van der Waals surface area contributed by atoms with E-state index in [1.807, 2.05) is 0 Å². The van der Waals surface area contributed by atoms with Crippen LogP contribution in [0.3, 0.4) is 0 Å². The van der Waals surface area contributed by atoms with Crippen LogP contribution in [-0.2, 0) is 4.74 Å². The second kappa shape index (κ2) is 6.99. The Kier molecular flexibility index (Phi) is 5.07. The van der Waals surface area contributed by atoms with Crippen molar-refractivity contribution in [1.29, 1.82) is 0 Å². The van der Waals surface area contributed by atoms with E-state index in [1.54, 1.807) is 0 Å². The number of nitrogens with one attached hydrogen (secondary N) is 4. The largest absolute Gasteiger partial charge is 0.341 e. The van der Waals surface area contributed by atoms with Crippen LogP contribution < -0.4 is 21.5 Å². The summed E-state index contributed by atoms with van der Waals surface area (Å²) in [5, 5.41) is 7.34. The molecule has 3 aliphatic rings. The van der Waals surface area contributed by atoms with Crippen molar-refractivity contribution in [1.82, 2.24) is 21.5 Å². The lowest BCUT2D eigenvalue weighted by atomic mass is 10.0. The molecule has 3 saturated heterocycles. The van der Waals surface area contributed by atoms with Crippen LogP contribution in [0.1, 0.15) is 57.8 Å². The molecule has 0 amide bonds. The predicted molar refractivity (Wildman–Crippen MR) is 75.2 cm³/mol. The van der Waals surface area contributed by atoms with Crippen LogP contribution in [0.4, 0.5) is 0 Å². The molecule has 4 N–H and O–H groups in total. The van der Waals surface area contributed by atoms with E-state index in [4.69, 9.17) is 4.74 Å². The number of hydrogen-bond acceptors (Lipinski definition) is 5. The highest BCUT2D eigenvalue weighted by Crippen LogP contribution is 2.19. The molecule has 4 unspecified atom stereocenters. The van der Waals surface area contributed by atoms with E-state index < -0.39 is 0 Å². The van der Waals surface area contributed by atoms with Crippen LogP contribution in [0.2, 0.25) is 0 Å². The normalized spacial score (nSPS) is 41.7. The second-order valence-corrected chi connectivity index (χ2v) is 6.10. The first-order valence-electron chi connectivity index (χ1n) is 8.08. The van der Waals surface area contributed by atoms with Crippen molar-refractivity contribution in [3.8, 4) is 0 Å². The molecular weight excluding hydrogens is 240 g/mol. The highest BCUT2D eigenvalue weighted by molar-refractivity contribution is 4.86. The smallest absolute Gasteiger partial charge is 0.138 e. The van der Waals surface area contributed by atoms with Crippen LogP contribution in [0, 0.1) is 0 Å². The van der Waals surface area contributed by atoms with Gasteiger partial charge in [-0.3, -0.25) is 5.32 Å². The molecule has 3 heterocycles. The first-order valence-corrected chi connectivity index (χ1v) is 8.08.